The minimum Gasteiger partial charge on any atom is -0.387 e. The van der Waals surface area contributed by atoms with E-state index in [-0.39, 0.29) is 11.2 Å². The first-order valence-corrected chi connectivity index (χ1v) is 9.43. The fourth-order valence-corrected chi connectivity index (χ4v) is 5.96. The number of hydrogen-bond donors (Lipinski definition) is 1. The van der Waals surface area contributed by atoms with Gasteiger partial charge in [0.2, 0.25) is 0 Å². The second-order valence-electron chi connectivity index (χ2n) is 6.99. The van der Waals surface area contributed by atoms with Crippen LogP contribution < -0.4 is 5.30 Å². The number of rotatable bonds is 5. The molecule has 0 aliphatic heterocycles. The summed E-state index contributed by atoms with van der Waals surface area (Å²) >= 11 is 0. The van der Waals surface area contributed by atoms with Crippen molar-refractivity contribution in [3.63, 3.8) is 0 Å². The zero-order valence-corrected chi connectivity index (χ0v) is 15.7. The van der Waals surface area contributed by atoms with Crippen molar-refractivity contribution in [1.29, 1.82) is 0 Å². The van der Waals surface area contributed by atoms with E-state index in [9.17, 15) is 5.11 Å². The van der Waals surface area contributed by atoms with E-state index in [1.54, 1.807) is 0 Å². The highest BCUT2D eigenvalue weighted by atomic mass is 31.1. The molecule has 124 valence electrons. The predicted molar refractivity (Wildman–Crippen MR) is 101 cm³/mol. The zero-order chi connectivity index (χ0) is 17.0. The second kappa shape index (κ2) is 7.57. The molecular weight excluding hydrogens is 301 g/mol. The van der Waals surface area contributed by atoms with Crippen LogP contribution >= 0.6 is 8.07 Å². The molecule has 0 aliphatic carbocycles. The number of nitrogens with zero attached hydrogens (tertiary/aromatic N) is 1. The third-order valence-corrected chi connectivity index (χ3v) is 7.19. The van der Waals surface area contributed by atoms with Gasteiger partial charge in [0.05, 0.1) is 6.10 Å². The summed E-state index contributed by atoms with van der Waals surface area (Å²) in [5.74, 6) is 0. The maximum atomic E-state index is 10.8. The van der Waals surface area contributed by atoms with Crippen molar-refractivity contribution in [2.24, 2.45) is 0 Å². The van der Waals surface area contributed by atoms with Crippen molar-refractivity contribution < 1.29 is 5.11 Å². The van der Waals surface area contributed by atoms with Gasteiger partial charge in [-0.05, 0) is 30.0 Å². The van der Waals surface area contributed by atoms with Gasteiger partial charge in [0.15, 0.2) is 0 Å². The van der Waals surface area contributed by atoms with Gasteiger partial charge in [-0.2, -0.15) is 0 Å². The highest BCUT2D eigenvalue weighted by Crippen LogP contribution is 2.52. The van der Waals surface area contributed by atoms with Crippen molar-refractivity contribution in [1.82, 2.24) is 4.67 Å². The summed E-state index contributed by atoms with van der Waals surface area (Å²) in [5.41, 5.74) is 0.976. The summed E-state index contributed by atoms with van der Waals surface area (Å²) in [6.07, 6.45) is -0.489. The Bertz CT molecular complexity index is 594. The van der Waals surface area contributed by atoms with E-state index in [0.717, 1.165) is 5.56 Å². The summed E-state index contributed by atoms with van der Waals surface area (Å²) in [6.45, 7) is 8.96. The average molecular weight is 329 g/mol. The minimum atomic E-state index is -0.547. The molecule has 1 N–H and O–H groups in total. The maximum absolute atomic E-state index is 10.8. The highest BCUT2D eigenvalue weighted by Gasteiger charge is 2.34. The molecule has 0 aliphatic rings. The van der Waals surface area contributed by atoms with Crippen LogP contribution in [0.2, 0.25) is 0 Å². The SMILES string of the molecule is C[C@@H]([C@@H](O)c1ccccc1)N(C)P(c1ccccc1)C(C)(C)C. The lowest BCUT2D eigenvalue weighted by Crippen LogP contribution is -2.38. The molecule has 23 heavy (non-hydrogen) atoms. The topological polar surface area (TPSA) is 23.5 Å². The molecule has 2 aromatic rings. The van der Waals surface area contributed by atoms with Crippen LogP contribution in [0.1, 0.15) is 39.4 Å². The Hall–Kier alpha value is -1.21. The predicted octanol–water partition coefficient (Wildman–Crippen LogP) is 4.56. The molecule has 0 spiro atoms. The van der Waals surface area contributed by atoms with Crippen LogP contribution in [0.25, 0.3) is 0 Å². The van der Waals surface area contributed by atoms with E-state index in [1.165, 1.54) is 5.30 Å². The molecule has 0 saturated carbocycles. The first kappa shape index (κ1) is 18.1. The average Bonchev–Trinajstić information content (AvgIpc) is 2.54. The first-order valence-electron chi connectivity index (χ1n) is 8.13. The highest BCUT2D eigenvalue weighted by molar-refractivity contribution is 7.64. The van der Waals surface area contributed by atoms with E-state index in [2.05, 4.69) is 69.7 Å². The van der Waals surface area contributed by atoms with Gasteiger partial charge in [-0.15, -0.1) is 0 Å². The first-order chi connectivity index (χ1) is 10.8. The van der Waals surface area contributed by atoms with Crippen LogP contribution in [0.5, 0.6) is 0 Å². The lowest BCUT2D eigenvalue weighted by molar-refractivity contribution is 0.109. The van der Waals surface area contributed by atoms with Crippen molar-refractivity contribution in [3.8, 4) is 0 Å². The molecule has 2 nitrogen and oxygen atoms in total. The van der Waals surface area contributed by atoms with Crippen molar-refractivity contribution in [2.75, 3.05) is 7.05 Å². The summed E-state index contributed by atoms with van der Waals surface area (Å²) < 4.78 is 2.36. The van der Waals surface area contributed by atoms with Gasteiger partial charge in [0, 0.05) is 14.1 Å². The zero-order valence-electron chi connectivity index (χ0n) is 14.8. The van der Waals surface area contributed by atoms with Gasteiger partial charge < -0.3 is 5.11 Å². The van der Waals surface area contributed by atoms with E-state index in [4.69, 9.17) is 0 Å². The van der Waals surface area contributed by atoms with Gasteiger partial charge >= 0.3 is 0 Å². The van der Waals surface area contributed by atoms with Crippen LogP contribution in [0, 0.1) is 0 Å². The van der Waals surface area contributed by atoms with Crippen molar-refractivity contribution in [3.05, 3.63) is 66.2 Å². The Labute approximate surface area is 142 Å². The second-order valence-corrected chi connectivity index (χ2v) is 10.1. The van der Waals surface area contributed by atoms with E-state index in [1.807, 2.05) is 30.3 Å². The lowest BCUT2D eigenvalue weighted by Gasteiger charge is -2.43. The molecule has 0 fully saturated rings. The molecule has 2 aromatic carbocycles. The molecule has 0 aromatic heterocycles. The molecular formula is C20H28NOP. The Kier molecular flexibility index (Phi) is 5.97. The number of likely N-dealkylation sites (N-methyl/N-ethyl adjacent to an activating group) is 1. The monoisotopic (exact) mass is 329 g/mol. The molecule has 0 amide bonds. The molecule has 0 radical (unpaired) electrons. The van der Waals surface area contributed by atoms with Gasteiger partial charge in [0.25, 0.3) is 0 Å². The maximum Gasteiger partial charge on any atom is 0.0945 e. The largest absolute Gasteiger partial charge is 0.387 e. The molecule has 2 rings (SSSR count). The van der Waals surface area contributed by atoms with Crippen molar-refractivity contribution in [2.45, 2.75) is 45.0 Å². The Morgan fingerprint density at radius 1 is 0.913 bits per heavy atom. The third-order valence-electron chi connectivity index (χ3n) is 4.14. The molecule has 3 atom stereocenters. The van der Waals surface area contributed by atoms with Crippen molar-refractivity contribution >= 4 is 13.4 Å². The number of hydrogen-bond acceptors (Lipinski definition) is 2. The fraction of sp³-hybridized carbons (Fsp3) is 0.400. The van der Waals surface area contributed by atoms with Gasteiger partial charge in [-0.25, -0.2) is 0 Å². The van der Waals surface area contributed by atoms with Crippen LogP contribution in [-0.2, 0) is 0 Å². The summed E-state index contributed by atoms with van der Waals surface area (Å²) in [4.78, 5) is 0. The van der Waals surface area contributed by atoms with E-state index < -0.39 is 14.2 Å². The molecule has 3 heteroatoms. The van der Waals surface area contributed by atoms with Gasteiger partial charge in [-0.3, -0.25) is 4.67 Å². The van der Waals surface area contributed by atoms with E-state index >= 15 is 0 Å². The van der Waals surface area contributed by atoms with Crippen LogP contribution in [0.15, 0.2) is 60.7 Å². The normalized spacial score (nSPS) is 16.1. The summed E-state index contributed by atoms with van der Waals surface area (Å²) in [7, 11) is 1.59. The Balaban J connectivity index is 2.29. The standard InChI is InChI=1S/C20H28NOP/c1-16(19(22)17-12-8-6-9-13-17)21(5)23(20(2,3)4)18-14-10-7-11-15-18/h6-16,19,22H,1-5H3/t16-,19+,23?/m0/s1. The summed E-state index contributed by atoms with van der Waals surface area (Å²) in [6, 6.07) is 20.6. The molecule has 0 saturated heterocycles. The molecule has 0 bridgehead atoms. The molecule has 1 unspecified atom stereocenters. The van der Waals surface area contributed by atoms with Gasteiger partial charge in [0.1, 0.15) is 0 Å². The Morgan fingerprint density at radius 2 is 1.39 bits per heavy atom. The smallest absolute Gasteiger partial charge is 0.0945 e. The van der Waals surface area contributed by atoms with Gasteiger partial charge in [-0.1, -0.05) is 81.4 Å². The quantitative estimate of drug-likeness (QED) is 0.813. The van der Waals surface area contributed by atoms with Crippen LogP contribution in [0.4, 0.5) is 0 Å². The van der Waals surface area contributed by atoms with E-state index in [0.29, 0.717) is 0 Å². The third kappa shape index (κ3) is 4.41. The summed E-state index contributed by atoms with van der Waals surface area (Å²) in [5, 5.41) is 12.3. The number of benzene rings is 2. The minimum absolute atomic E-state index is 0.0444. The number of aliphatic hydroxyl groups excluding tert-OH is 1. The Morgan fingerprint density at radius 3 is 1.87 bits per heavy atom. The molecule has 0 heterocycles. The number of aliphatic hydroxyl groups is 1. The van der Waals surface area contributed by atoms with Crippen LogP contribution in [0.3, 0.4) is 0 Å². The van der Waals surface area contributed by atoms with Crippen LogP contribution in [-0.4, -0.2) is 28.0 Å². The lowest BCUT2D eigenvalue weighted by atomic mass is 10.0. The fourth-order valence-electron chi connectivity index (χ4n) is 2.93.